The Labute approximate surface area is 155 Å². The number of hydrogen-bond acceptors (Lipinski definition) is 6. The minimum absolute atomic E-state index is 0.0931. The number of nitrogens with two attached hydrogens (primary N) is 2. The van der Waals surface area contributed by atoms with Gasteiger partial charge in [-0.25, -0.2) is 9.78 Å². The number of aromatic carboxylic acids is 1. The van der Waals surface area contributed by atoms with Crippen LogP contribution in [0, 0.1) is 0 Å². The minimum atomic E-state index is -4.47. The molecule has 0 fully saturated rings. The van der Waals surface area contributed by atoms with Crippen molar-refractivity contribution in [2.45, 2.75) is 6.18 Å². The zero-order chi connectivity index (χ0) is 20.6. The molecule has 0 saturated carbocycles. The molecular formula is C17H14F3N5O3. The molecule has 28 heavy (non-hydrogen) atoms. The van der Waals surface area contributed by atoms with E-state index in [-0.39, 0.29) is 28.2 Å². The smallest absolute Gasteiger partial charge is 0.405 e. The van der Waals surface area contributed by atoms with Crippen LogP contribution in [-0.2, 0) is 0 Å². The first-order valence-electron chi connectivity index (χ1n) is 7.83. The van der Waals surface area contributed by atoms with Crippen molar-refractivity contribution in [3.05, 3.63) is 52.3 Å². The van der Waals surface area contributed by atoms with Gasteiger partial charge < -0.3 is 21.9 Å². The molecule has 0 aliphatic rings. The molecule has 0 atom stereocenters. The second-order valence-corrected chi connectivity index (χ2v) is 5.86. The van der Waals surface area contributed by atoms with E-state index in [0.717, 1.165) is 4.57 Å². The van der Waals surface area contributed by atoms with E-state index in [1.807, 2.05) is 0 Å². The number of carbonyl (C=O) groups is 1. The van der Waals surface area contributed by atoms with Crippen LogP contribution in [0.4, 0.5) is 30.4 Å². The van der Waals surface area contributed by atoms with E-state index in [1.165, 1.54) is 36.4 Å². The summed E-state index contributed by atoms with van der Waals surface area (Å²) in [6.07, 6.45) is -4.47. The molecular weight excluding hydrogens is 379 g/mol. The van der Waals surface area contributed by atoms with Gasteiger partial charge in [0, 0.05) is 11.1 Å². The number of halogens is 3. The van der Waals surface area contributed by atoms with Gasteiger partial charge in [-0.15, -0.1) is 0 Å². The third-order valence-electron chi connectivity index (χ3n) is 3.90. The lowest BCUT2D eigenvalue weighted by Gasteiger charge is -2.15. The number of aromatic nitrogens is 2. The summed E-state index contributed by atoms with van der Waals surface area (Å²) < 4.78 is 38.4. The van der Waals surface area contributed by atoms with Crippen molar-refractivity contribution in [3.8, 4) is 5.69 Å². The number of hydrogen-bond donors (Lipinski definition) is 4. The summed E-state index contributed by atoms with van der Waals surface area (Å²) in [6, 6.07) is 8.39. The number of rotatable bonds is 4. The van der Waals surface area contributed by atoms with Crippen LogP contribution in [0.2, 0.25) is 0 Å². The van der Waals surface area contributed by atoms with Gasteiger partial charge in [0.15, 0.2) is 5.65 Å². The van der Waals surface area contributed by atoms with E-state index in [0.29, 0.717) is 5.69 Å². The van der Waals surface area contributed by atoms with Crippen LogP contribution in [0.1, 0.15) is 10.4 Å². The highest BCUT2D eigenvalue weighted by molar-refractivity contribution is 6.03. The predicted octanol–water partition coefficient (Wildman–Crippen LogP) is 2.22. The maximum Gasteiger partial charge on any atom is 0.405 e. The van der Waals surface area contributed by atoms with E-state index >= 15 is 0 Å². The van der Waals surface area contributed by atoms with Gasteiger partial charge in [0.05, 0.1) is 11.4 Å². The Morgan fingerprint density at radius 3 is 2.36 bits per heavy atom. The Morgan fingerprint density at radius 1 is 1.14 bits per heavy atom. The number of nitrogens with one attached hydrogen (secondary N) is 1. The fraction of sp³-hybridized carbons (Fsp3) is 0.118. The lowest BCUT2D eigenvalue weighted by Crippen LogP contribution is -2.28. The number of nitrogen functional groups attached to an aromatic ring is 2. The molecule has 0 spiro atoms. The summed E-state index contributed by atoms with van der Waals surface area (Å²) in [5, 5.41) is 11.6. The van der Waals surface area contributed by atoms with Crippen molar-refractivity contribution in [3.63, 3.8) is 0 Å². The molecule has 6 N–H and O–H groups in total. The quantitative estimate of drug-likeness (QED) is 0.499. The molecule has 0 amide bonds. The topological polar surface area (TPSA) is 136 Å². The van der Waals surface area contributed by atoms with Crippen molar-refractivity contribution in [2.24, 2.45) is 0 Å². The number of carboxylic acids is 1. The lowest BCUT2D eigenvalue weighted by molar-refractivity contribution is -0.115. The summed E-state index contributed by atoms with van der Waals surface area (Å²) in [5.74, 6) is -1.69. The van der Waals surface area contributed by atoms with Crippen molar-refractivity contribution in [2.75, 3.05) is 23.3 Å². The first-order valence-corrected chi connectivity index (χ1v) is 7.83. The second-order valence-electron chi connectivity index (χ2n) is 5.86. The highest BCUT2D eigenvalue weighted by atomic mass is 19.4. The normalized spacial score (nSPS) is 11.5. The molecule has 0 radical (unpaired) electrons. The van der Waals surface area contributed by atoms with E-state index in [2.05, 4.69) is 10.3 Å². The molecule has 0 unspecified atom stereocenters. The van der Waals surface area contributed by atoms with Gasteiger partial charge in [-0.05, 0) is 36.4 Å². The minimum Gasteiger partial charge on any atom is -0.477 e. The van der Waals surface area contributed by atoms with E-state index in [1.54, 1.807) is 0 Å². The Morgan fingerprint density at radius 2 is 1.79 bits per heavy atom. The van der Waals surface area contributed by atoms with Gasteiger partial charge in [-0.1, -0.05) is 0 Å². The van der Waals surface area contributed by atoms with Crippen LogP contribution >= 0.6 is 0 Å². The molecule has 2 aromatic heterocycles. The largest absolute Gasteiger partial charge is 0.477 e. The SMILES string of the molecule is Nc1ccc(-n2c(=O)c(C(=O)O)c(N)c3ccc(NCC(F)(F)F)nc32)cc1. The van der Waals surface area contributed by atoms with Crippen molar-refractivity contribution in [1.29, 1.82) is 0 Å². The average Bonchev–Trinajstić information content (AvgIpc) is 2.60. The van der Waals surface area contributed by atoms with Gasteiger partial charge >= 0.3 is 12.1 Å². The molecule has 8 nitrogen and oxygen atoms in total. The molecule has 3 aromatic rings. The molecule has 3 rings (SSSR count). The van der Waals surface area contributed by atoms with E-state index in [9.17, 15) is 27.9 Å². The van der Waals surface area contributed by atoms with Crippen LogP contribution in [0.25, 0.3) is 16.7 Å². The van der Waals surface area contributed by atoms with Gasteiger partial charge in [0.1, 0.15) is 17.9 Å². The molecule has 11 heteroatoms. The fourth-order valence-electron chi connectivity index (χ4n) is 2.65. The van der Waals surface area contributed by atoms with Crippen molar-refractivity contribution in [1.82, 2.24) is 9.55 Å². The molecule has 0 saturated heterocycles. The highest BCUT2D eigenvalue weighted by Gasteiger charge is 2.27. The molecule has 1 aromatic carbocycles. The first-order chi connectivity index (χ1) is 13.1. The molecule has 146 valence electrons. The first kappa shape index (κ1) is 19.0. The van der Waals surface area contributed by atoms with Crippen molar-refractivity contribution < 1.29 is 23.1 Å². The number of benzene rings is 1. The summed E-state index contributed by atoms with van der Waals surface area (Å²) in [6.45, 7) is -1.33. The van der Waals surface area contributed by atoms with E-state index in [4.69, 9.17) is 11.5 Å². The molecule has 0 bridgehead atoms. The maximum absolute atomic E-state index is 12.8. The average molecular weight is 393 g/mol. The number of alkyl halides is 3. The van der Waals surface area contributed by atoms with Crippen LogP contribution in [0.5, 0.6) is 0 Å². The number of fused-ring (bicyclic) bond motifs is 1. The molecule has 2 heterocycles. The zero-order valence-corrected chi connectivity index (χ0v) is 14.1. The number of pyridine rings is 2. The highest BCUT2D eigenvalue weighted by Crippen LogP contribution is 2.26. The summed E-state index contributed by atoms with van der Waals surface area (Å²) in [4.78, 5) is 28.4. The maximum atomic E-state index is 12.8. The zero-order valence-electron chi connectivity index (χ0n) is 14.1. The predicted molar refractivity (Wildman–Crippen MR) is 97.7 cm³/mol. The third kappa shape index (κ3) is 3.54. The third-order valence-corrected chi connectivity index (χ3v) is 3.90. The Hall–Kier alpha value is -3.76. The van der Waals surface area contributed by atoms with Crippen LogP contribution in [-0.4, -0.2) is 33.3 Å². The standard InChI is InChI=1S/C17H14F3N5O3/c18-17(19,20)7-23-11-6-5-10-13(22)12(16(27)28)15(26)25(14(10)24-11)9-3-1-8(21)2-4-9/h1-6H,7,21-22H2,(H,23,24)(H,27,28). The van der Waals surface area contributed by atoms with Crippen LogP contribution < -0.4 is 22.3 Å². The number of carboxylic acid groups (broad SMARTS) is 1. The summed E-state index contributed by atoms with van der Waals surface area (Å²) in [5.41, 5.74) is 10.0. The Balaban J connectivity index is 2.31. The van der Waals surface area contributed by atoms with Gasteiger partial charge in [0.25, 0.3) is 5.56 Å². The van der Waals surface area contributed by atoms with Gasteiger partial charge in [-0.3, -0.25) is 9.36 Å². The molecule has 0 aliphatic heterocycles. The number of nitrogens with zero attached hydrogens (tertiary/aromatic N) is 2. The van der Waals surface area contributed by atoms with Crippen molar-refractivity contribution >= 4 is 34.2 Å². The lowest BCUT2D eigenvalue weighted by atomic mass is 10.1. The van der Waals surface area contributed by atoms with Gasteiger partial charge in [0.2, 0.25) is 0 Å². The summed E-state index contributed by atoms with van der Waals surface area (Å²) in [7, 11) is 0. The Bertz CT molecular complexity index is 1120. The van der Waals surface area contributed by atoms with Gasteiger partial charge in [-0.2, -0.15) is 13.2 Å². The summed E-state index contributed by atoms with van der Waals surface area (Å²) >= 11 is 0. The van der Waals surface area contributed by atoms with Crippen LogP contribution in [0.3, 0.4) is 0 Å². The Kier molecular flexibility index (Phi) is 4.59. The molecule has 0 aliphatic carbocycles. The fourth-order valence-corrected chi connectivity index (χ4v) is 2.65. The van der Waals surface area contributed by atoms with Crippen LogP contribution in [0.15, 0.2) is 41.2 Å². The monoisotopic (exact) mass is 393 g/mol. The number of anilines is 3. The second kappa shape index (κ2) is 6.76. The van der Waals surface area contributed by atoms with E-state index < -0.39 is 29.8 Å².